The van der Waals surface area contributed by atoms with E-state index in [-0.39, 0.29) is 24.6 Å². The molecule has 26 heavy (non-hydrogen) atoms. The molecule has 1 fully saturated rings. The number of aromatic nitrogens is 2. The molecule has 1 amide bonds. The number of para-hydroxylation sites is 1. The van der Waals surface area contributed by atoms with Crippen LogP contribution in [0.4, 0.5) is 0 Å². The number of hydrogen-bond donors (Lipinski definition) is 0. The maximum atomic E-state index is 12.9. The molecule has 3 heterocycles. The SMILES string of the molecule is O=C(C1=Cc2ccccc2OC1)N1CCCC(Oc2ncc(Cl)cn2)C1. The topological polar surface area (TPSA) is 64.5 Å². The molecule has 1 aromatic heterocycles. The molecule has 2 aromatic rings. The first-order valence-electron chi connectivity index (χ1n) is 8.55. The molecule has 0 spiro atoms. The number of rotatable bonds is 3. The predicted octanol–water partition coefficient (Wildman–Crippen LogP) is 2.98. The third-order valence-electron chi connectivity index (χ3n) is 4.44. The third-order valence-corrected chi connectivity index (χ3v) is 4.64. The number of carbonyl (C=O) groups is 1. The Morgan fingerprint density at radius 3 is 2.92 bits per heavy atom. The summed E-state index contributed by atoms with van der Waals surface area (Å²) < 4.78 is 11.5. The van der Waals surface area contributed by atoms with Gasteiger partial charge in [-0.15, -0.1) is 0 Å². The van der Waals surface area contributed by atoms with Crippen LogP contribution < -0.4 is 9.47 Å². The van der Waals surface area contributed by atoms with Gasteiger partial charge in [-0.2, -0.15) is 0 Å². The summed E-state index contributed by atoms with van der Waals surface area (Å²) in [4.78, 5) is 22.8. The van der Waals surface area contributed by atoms with Gasteiger partial charge in [-0.3, -0.25) is 4.79 Å². The van der Waals surface area contributed by atoms with Gasteiger partial charge < -0.3 is 14.4 Å². The Balaban J connectivity index is 1.43. The molecule has 1 unspecified atom stereocenters. The Hall–Kier alpha value is -2.60. The lowest BCUT2D eigenvalue weighted by atomic mass is 10.0. The van der Waals surface area contributed by atoms with Gasteiger partial charge in [0.2, 0.25) is 0 Å². The lowest BCUT2D eigenvalue weighted by Gasteiger charge is -2.33. The summed E-state index contributed by atoms with van der Waals surface area (Å²) >= 11 is 5.79. The first-order valence-corrected chi connectivity index (χ1v) is 8.93. The number of ether oxygens (including phenoxy) is 2. The fourth-order valence-corrected chi connectivity index (χ4v) is 3.27. The van der Waals surface area contributed by atoms with Crippen molar-refractivity contribution in [1.29, 1.82) is 0 Å². The van der Waals surface area contributed by atoms with E-state index in [1.165, 1.54) is 12.4 Å². The molecule has 7 heteroatoms. The van der Waals surface area contributed by atoms with Crippen molar-refractivity contribution in [3.8, 4) is 11.8 Å². The number of hydrogen-bond acceptors (Lipinski definition) is 5. The average Bonchev–Trinajstić information content (AvgIpc) is 2.69. The smallest absolute Gasteiger partial charge is 0.316 e. The highest BCUT2D eigenvalue weighted by Gasteiger charge is 2.28. The van der Waals surface area contributed by atoms with Crippen molar-refractivity contribution in [2.75, 3.05) is 19.7 Å². The Kier molecular flexibility index (Phi) is 4.75. The normalized spacial score (nSPS) is 19.2. The van der Waals surface area contributed by atoms with E-state index in [0.29, 0.717) is 23.7 Å². The van der Waals surface area contributed by atoms with Crippen LogP contribution in [0.1, 0.15) is 18.4 Å². The summed E-state index contributed by atoms with van der Waals surface area (Å²) in [7, 11) is 0. The van der Waals surface area contributed by atoms with Crippen molar-refractivity contribution in [2.24, 2.45) is 0 Å². The van der Waals surface area contributed by atoms with E-state index in [1.807, 2.05) is 35.2 Å². The zero-order valence-corrected chi connectivity index (χ0v) is 14.9. The summed E-state index contributed by atoms with van der Waals surface area (Å²) in [5.41, 5.74) is 1.59. The molecular weight excluding hydrogens is 354 g/mol. The molecule has 2 aliphatic rings. The van der Waals surface area contributed by atoms with Gasteiger partial charge in [0.1, 0.15) is 18.5 Å². The van der Waals surface area contributed by atoms with Crippen molar-refractivity contribution in [3.63, 3.8) is 0 Å². The Bertz CT molecular complexity index is 838. The molecule has 1 aromatic carbocycles. The molecule has 0 N–H and O–H groups in total. The van der Waals surface area contributed by atoms with Crippen LogP contribution in [0.5, 0.6) is 11.8 Å². The van der Waals surface area contributed by atoms with Crippen LogP contribution in [0.15, 0.2) is 42.2 Å². The number of halogens is 1. The summed E-state index contributed by atoms with van der Waals surface area (Å²) in [5.74, 6) is 0.800. The highest BCUT2D eigenvalue weighted by Crippen LogP contribution is 2.27. The van der Waals surface area contributed by atoms with Gasteiger partial charge in [0.05, 0.1) is 29.5 Å². The standard InChI is InChI=1S/C19H18ClN3O3/c20-15-9-21-19(22-10-15)26-16-5-3-7-23(11-16)18(24)14-8-13-4-1-2-6-17(13)25-12-14/h1-2,4,6,8-10,16H,3,5,7,11-12H2. The Labute approximate surface area is 156 Å². The largest absolute Gasteiger partial charge is 0.488 e. The zero-order valence-electron chi connectivity index (χ0n) is 14.1. The van der Waals surface area contributed by atoms with Gasteiger partial charge >= 0.3 is 6.01 Å². The van der Waals surface area contributed by atoms with E-state index < -0.39 is 0 Å². The van der Waals surface area contributed by atoms with E-state index in [4.69, 9.17) is 21.1 Å². The van der Waals surface area contributed by atoms with Crippen LogP contribution in [0.2, 0.25) is 5.02 Å². The lowest BCUT2D eigenvalue weighted by Crippen LogP contribution is -2.45. The van der Waals surface area contributed by atoms with Crippen LogP contribution >= 0.6 is 11.6 Å². The molecular formula is C19H18ClN3O3. The van der Waals surface area contributed by atoms with Gasteiger partial charge in [0.15, 0.2) is 0 Å². The van der Waals surface area contributed by atoms with Crippen molar-refractivity contribution >= 4 is 23.6 Å². The quantitative estimate of drug-likeness (QED) is 0.830. The first-order chi connectivity index (χ1) is 12.7. The number of likely N-dealkylation sites (tertiary alicyclic amines) is 1. The Morgan fingerprint density at radius 1 is 1.27 bits per heavy atom. The summed E-state index contributed by atoms with van der Waals surface area (Å²) in [6.45, 7) is 1.50. The fraction of sp³-hybridized carbons (Fsp3) is 0.316. The minimum absolute atomic E-state index is 0.00942. The highest BCUT2D eigenvalue weighted by atomic mass is 35.5. The highest BCUT2D eigenvalue weighted by molar-refractivity contribution is 6.30. The van der Waals surface area contributed by atoms with Crippen LogP contribution in [0.25, 0.3) is 6.08 Å². The fourth-order valence-electron chi connectivity index (χ4n) is 3.17. The maximum absolute atomic E-state index is 12.9. The van der Waals surface area contributed by atoms with Gasteiger partial charge in [-0.25, -0.2) is 9.97 Å². The van der Waals surface area contributed by atoms with E-state index in [9.17, 15) is 4.79 Å². The minimum Gasteiger partial charge on any atom is -0.488 e. The van der Waals surface area contributed by atoms with Gasteiger partial charge in [-0.05, 0) is 25.0 Å². The van der Waals surface area contributed by atoms with E-state index in [2.05, 4.69) is 9.97 Å². The monoisotopic (exact) mass is 371 g/mol. The first kappa shape index (κ1) is 16.8. The number of fused-ring (bicyclic) bond motifs is 1. The van der Waals surface area contributed by atoms with Crippen molar-refractivity contribution in [1.82, 2.24) is 14.9 Å². The number of benzene rings is 1. The van der Waals surface area contributed by atoms with Crippen LogP contribution in [0.3, 0.4) is 0 Å². The van der Waals surface area contributed by atoms with Crippen molar-refractivity contribution < 1.29 is 14.3 Å². The van der Waals surface area contributed by atoms with Crippen LogP contribution in [-0.4, -0.2) is 46.6 Å². The molecule has 6 nitrogen and oxygen atoms in total. The molecule has 134 valence electrons. The maximum Gasteiger partial charge on any atom is 0.316 e. The van der Waals surface area contributed by atoms with Gasteiger partial charge in [0, 0.05) is 12.1 Å². The summed E-state index contributed by atoms with van der Waals surface area (Å²) in [5, 5.41) is 0.460. The van der Waals surface area contributed by atoms with Crippen molar-refractivity contribution in [3.05, 3.63) is 52.8 Å². The third kappa shape index (κ3) is 3.65. The molecule has 0 radical (unpaired) electrons. The summed E-state index contributed by atoms with van der Waals surface area (Å²) in [6, 6.07) is 7.99. The number of nitrogens with zero attached hydrogens (tertiary/aromatic N) is 3. The minimum atomic E-state index is -0.133. The molecule has 4 rings (SSSR count). The average molecular weight is 372 g/mol. The van der Waals surface area contributed by atoms with Gasteiger partial charge in [-0.1, -0.05) is 29.8 Å². The molecule has 0 saturated carbocycles. The molecule has 0 aliphatic carbocycles. The molecule has 1 saturated heterocycles. The zero-order chi connectivity index (χ0) is 17.9. The second kappa shape index (κ2) is 7.33. The van der Waals surface area contributed by atoms with Crippen LogP contribution in [0, 0.1) is 0 Å². The molecule has 0 bridgehead atoms. The second-order valence-electron chi connectivity index (χ2n) is 6.31. The lowest BCUT2D eigenvalue weighted by molar-refractivity contribution is -0.130. The second-order valence-corrected chi connectivity index (χ2v) is 6.75. The van der Waals surface area contributed by atoms with E-state index in [0.717, 1.165) is 24.2 Å². The number of amides is 1. The number of carbonyl (C=O) groups excluding carboxylic acids is 1. The Morgan fingerprint density at radius 2 is 2.08 bits per heavy atom. The molecule has 1 atom stereocenters. The van der Waals surface area contributed by atoms with E-state index >= 15 is 0 Å². The number of piperidine rings is 1. The van der Waals surface area contributed by atoms with Crippen LogP contribution in [-0.2, 0) is 4.79 Å². The summed E-state index contributed by atoms with van der Waals surface area (Å²) in [6.07, 6.45) is 6.50. The van der Waals surface area contributed by atoms with Crippen molar-refractivity contribution in [2.45, 2.75) is 18.9 Å². The van der Waals surface area contributed by atoms with Gasteiger partial charge in [0.25, 0.3) is 5.91 Å². The molecule has 2 aliphatic heterocycles. The van der Waals surface area contributed by atoms with E-state index in [1.54, 1.807) is 0 Å². The predicted molar refractivity (Wildman–Crippen MR) is 97.2 cm³/mol.